The largest absolute Gasteiger partial charge is 0.760 e. The highest BCUT2D eigenvalue weighted by Gasteiger charge is 2.31. The number of aryl methyl sites for hydroxylation is 1. The third-order valence-corrected chi connectivity index (χ3v) is 7.68. The van der Waals surface area contributed by atoms with Gasteiger partial charge in [-0.2, -0.15) is 5.26 Å². The molecule has 1 aliphatic carbocycles. The van der Waals surface area contributed by atoms with E-state index in [1.54, 1.807) is 7.05 Å². The van der Waals surface area contributed by atoms with Crippen LogP contribution < -0.4 is 5.32 Å². The number of nitriles is 1. The highest BCUT2D eigenvalue weighted by atomic mass is 32.2. The summed E-state index contributed by atoms with van der Waals surface area (Å²) in [6, 6.07) is 11.5. The molecule has 10 nitrogen and oxygen atoms in total. The van der Waals surface area contributed by atoms with Gasteiger partial charge in [0.05, 0.1) is 42.3 Å². The summed E-state index contributed by atoms with van der Waals surface area (Å²) in [5.41, 5.74) is 3.95. The van der Waals surface area contributed by atoms with E-state index in [0.717, 1.165) is 29.5 Å². The van der Waals surface area contributed by atoms with Crippen molar-refractivity contribution in [2.75, 3.05) is 20.7 Å². The Morgan fingerprint density at radius 2 is 2.05 bits per heavy atom. The van der Waals surface area contributed by atoms with Crippen molar-refractivity contribution in [1.82, 2.24) is 14.6 Å². The zero-order valence-electron chi connectivity index (χ0n) is 22.2. The summed E-state index contributed by atoms with van der Waals surface area (Å²) >= 11 is -2.54. The Kier molecular flexibility index (Phi) is 9.12. The number of esters is 1. The summed E-state index contributed by atoms with van der Waals surface area (Å²) in [7, 11) is 2.83. The fraction of sp³-hybridized carbons (Fsp3) is 0.429. The monoisotopic (exact) mass is 551 g/mol. The summed E-state index contributed by atoms with van der Waals surface area (Å²) in [4.78, 5) is 29.6. The van der Waals surface area contributed by atoms with Crippen LogP contribution in [0.2, 0.25) is 0 Å². The number of ether oxygens (including phenoxy) is 1. The van der Waals surface area contributed by atoms with E-state index in [0.29, 0.717) is 35.2 Å². The van der Waals surface area contributed by atoms with Crippen LogP contribution in [0.25, 0.3) is 22.4 Å². The number of pyridine rings is 1. The lowest BCUT2D eigenvalue weighted by Gasteiger charge is -2.25. The van der Waals surface area contributed by atoms with Crippen molar-refractivity contribution < 1.29 is 27.5 Å². The smallest absolute Gasteiger partial charge is 0.309 e. The minimum atomic E-state index is -2.54. The maximum Gasteiger partial charge on any atom is 0.309 e. The molecule has 4 rings (SSSR count). The first kappa shape index (κ1) is 28.4. The third-order valence-electron chi connectivity index (χ3n) is 6.95. The van der Waals surface area contributed by atoms with E-state index in [4.69, 9.17) is 19.4 Å². The first-order valence-corrected chi connectivity index (χ1v) is 13.8. The Morgan fingerprint density at radius 1 is 1.33 bits per heavy atom. The van der Waals surface area contributed by atoms with Crippen molar-refractivity contribution in [2.24, 2.45) is 5.92 Å². The van der Waals surface area contributed by atoms with Crippen LogP contribution in [0.5, 0.6) is 0 Å². The molecule has 2 heterocycles. The average molecular weight is 552 g/mol. The highest BCUT2D eigenvalue weighted by molar-refractivity contribution is 7.76. The Hall–Kier alpha value is -3.59. The molecule has 39 heavy (non-hydrogen) atoms. The van der Waals surface area contributed by atoms with Crippen molar-refractivity contribution in [1.29, 1.82) is 5.26 Å². The fourth-order valence-corrected chi connectivity index (χ4v) is 5.18. The lowest BCUT2D eigenvalue weighted by Crippen LogP contribution is -2.28. The van der Waals surface area contributed by atoms with E-state index < -0.39 is 23.2 Å². The van der Waals surface area contributed by atoms with Gasteiger partial charge in [-0.05, 0) is 50.2 Å². The van der Waals surface area contributed by atoms with Crippen molar-refractivity contribution in [2.45, 2.75) is 51.5 Å². The van der Waals surface area contributed by atoms with Crippen LogP contribution in [0.15, 0.2) is 34.7 Å². The predicted molar refractivity (Wildman–Crippen MR) is 144 cm³/mol. The molecule has 2 unspecified atom stereocenters. The van der Waals surface area contributed by atoms with Crippen LogP contribution in [-0.4, -0.2) is 50.6 Å². The van der Waals surface area contributed by atoms with Crippen molar-refractivity contribution in [3.05, 3.63) is 52.7 Å². The second-order valence-corrected chi connectivity index (χ2v) is 10.7. The standard InChI is InChI=1S/C28H32N4O6S/c1-17-6-8-19(9-7-17)25-24(26(33)30-2)22-15-21(18-10-11-18)23(31-27(22)38-25)16-32(39(35)36)14-4-5-20(12-13-29)28(34)37-3/h6-9,15,18,20H,4-5,10-12,14,16H2,1-3H3,(H,30,33)(H,35,36)/p-1. The molecule has 1 N–H and O–H groups in total. The minimum absolute atomic E-state index is 0.00662. The van der Waals surface area contributed by atoms with Gasteiger partial charge in [-0.1, -0.05) is 29.8 Å². The van der Waals surface area contributed by atoms with Gasteiger partial charge >= 0.3 is 5.97 Å². The van der Waals surface area contributed by atoms with Gasteiger partial charge in [0, 0.05) is 36.8 Å². The Morgan fingerprint density at radius 3 is 2.64 bits per heavy atom. The average Bonchev–Trinajstić information content (AvgIpc) is 3.71. The van der Waals surface area contributed by atoms with Gasteiger partial charge in [0.15, 0.2) is 0 Å². The van der Waals surface area contributed by atoms with Crippen LogP contribution in [0, 0.1) is 24.2 Å². The van der Waals surface area contributed by atoms with E-state index in [2.05, 4.69) is 5.32 Å². The van der Waals surface area contributed by atoms with E-state index in [1.807, 2.05) is 43.3 Å². The number of amides is 1. The molecule has 1 amide bonds. The molecule has 1 aromatic carbocycles. The zero-order chi connectivity index (χ0) is 28.1. The number of carbonyl (C=O) groups excluding carboxylic acids is 2. The van der Waals surface area contributed by atoms with E-state index in [9.17, 15) is 18.4 Å². The molecule has 0 bridgehead atoms. The number of carbonyl (C=O) groups is 2. The number of hydrogen-bond acceptors (Lipinski definition) is 8. The highest BCUT2D eigenvalue weighted by Crippen LogP contribution is 2.44. The maximum atomic E-state index is 12.9. The summed E-state index contributed by atoms with van der Waals surface area (Å²) in [5.74, 6) is -0.742. The summed E-state index contributed by atoms with van der Waals surface area (Å²) < 4.78 is 36.4. The third kappa shape index (κ3) is 6.53. The lowest BCUT2D eigenvalue weighted by molar-refractivity contribution is -0.145. The lowest BCUT2D eigenvalue weighted by atomic mass is 10.00. The number of nitrogens with zero attached hydrogens (tertiary/aromatic N) is 3. The molecule has 1 fully saturated rings. The van der Waals surface area contributed by atoms with Gasteiger partial charge in [0.2, 0.25) is 5.71 Å². The molecule has 206 valence electrons. The van der Waals surface area contributed by atoms with Gasteiger partial charge in [0.25, 0.3) is 5.91 Å². The Balaban J connectivity index is 1.67. The van der Waals surface area contributed by atoms with Gasteiger partial charge in [-0.15, -0.1) is 0 Å². The molecule has 0 spiro atoms. The molecule has 0 radical (unpaired) electrons. The molecule has 3 aromatic rings. The number of methoxy groups -OCH3 is 1. The number of rotatable bonds is 12. The fourth-order valence-electron chi connectivity index (χ4n) is 4.68. The summed E-state index contributed by atoms with van der Waals surface area (Å²) in [6.45, 7) is 2.15. The second kappa shape index (κ2) is 12.5. The number of benzene rings is 1. The maximum absolute atomic E-state index is 12.9. The molecular formula is C28H31N4O6S-. The van der Waals surface area contributed by atoms with Crippen LogP contribution in [0.3, 0.4) is 0 Å². The topological polar surface area (TPSA) is 149 Å². The van der Waals surface area contributed by atoms with Gasteiger partial charge in [-0.25, -0.2) is 9.29 Å². The first-order chi connectivity index (χ1) is 18.8. The molecule has 2 atom stereocenters. The predicted octanol–water partition coefficient (Wildman–Crippen LogP) is 4.12. The number of nitrogens with one attached hydrogen (secondary N) is 1. The van der Waals surface area contributed by atoms with Crippen molar-refractivity contribution in [3.8, 4) is 17.4 Å². The summed E-state index contributed by atoms with van der Waals surface area (Å²) in [5, 5.41) is 12.3. The van der Waals surface area contributed by atoms with Crippen LogP contribution in [0.4, 0.5) is 0 Å². The van der Waals surface area contributed by atoms with Crippen molar-refractivity contribution in [3.63, 3.8) is 0 Å². The molecule has 2 aromatic heterocycles. The van der Waals surface area contributed by atoms with E-state index in [1.165, 1.54) is 11.4 Å². The number of fused-ring (bicyclic) bond motifs is 1. The van der Waals surface area contributed by atoms with Gasteiger partial charge in [-0.3, -0.25) is 13.8 Å². The Bertz CT molecular complexity index is 1420. The molecule has 11 heteroatoms. The number of hydrogen-bond donors (Lipinski definition) is 1. The molecule has 1 saturated carbocycles. The van der Waals surface area contributed by atoms with E-state index in [-0.39, 0.29) is 37.0 Å². The Labute approximate surface area is 229 Å². The van der Waals surface area contributed by atoms with Crippen molar-refractivity contribution >= 4 is 34.2 Å². The number of furan rings is 1. The minimum Gasteiger partial charge on any atom is -0.760 e. The normalized spacial score (nSPS) is 14.7. The first-order valence-electron chi connectivity index (χ1n) is 12.8. The molecule has 1 aliphatic rings. The summed E-state index contributed by atoms with van der Waals surface area (Å²) in [6.07, 6.45) is 2.60. The van der Waals surface area contributed by atoms with Gasteiger partial charge in [0.1, 0.15) is 5.76 Å². The molecule has 0 aliphatic heterocycles. The molecule has 0 saturated heterocycles. The van der Waals surface area contributed by atoms with Crippen LogP contribution >= 0.6 is 0 Å². The number of aromatic nitrogens is 1. The quantitative estimate of drug-likeness (QED) is 0.261. The SMILES string of the molecule is CNC(=O)c1c(-c2ccc(C)cc2)oc2nc(CN(CCCC(CC#N)C(=O)OC)S(=O)[O-])c(C3CC3)cc12. The van der Waals surface area contributed by atoms with Gasteiger partial charge < -0.3 is 19.0 Å². The second-order valence-electron chi connectivity index (χ2n) is 9.71. The van der Waals surface area contributed by atoms with Crippen LogP contribution in [-0.2, 0) is 27.3 Å². The van der Waals surface area contributed by atoms with Crippen LogP contribution in [0.1, 0.15) is 65.2 Å². The van der Waals surface area contributed by atoms with E-state index >= 15 is 0 Å². The molecular weight excluding hydrogens is 520 g/mol. The zero-order valence-corrected chi connectivity index (χ0v) is 23.0.